The molecular formula is C23H28O5P. The van der Waals surface area contributed by atoms with Gasteiger partial charge in [0.25, 0.3) is 0 Å². The molecule has 0 aromatic heterocycles. The second-order valence-corrected chi connectivity index (χ2v) is 8.77. The molecular weight excluding hydrogens is 387 g/mol. The summed E-state index contributed by atoms with van der Waals surface area (Å²) in [5.74, 6) is 0.317. The number of ketones is 1. The highest BCUT2D eigenvalue weighted by atomic mass is 31.1. The van der Waals surface area contributed by atoms with E-state index in [9.17, 15) is 14.2 Å². The third kappa shape index (κ3) is 4.91. The molecule has 6 heteroatoms. The lowest BCUT2D eigenvalue weighted by Gasteiger charge is -2.17. The van der Waals surface area contributed by atoms with Crippen LogP contribution >= 0.6 is 7.80 Å². The van der Waals surface area contributed by atoms with Gasteiger partial charge in [0.15, 0.2) is 13.6 Å². The number of carbonyl (C=O) groups excluding carboxylic acids is 2. The van der Waals surface area contributed by atoms with Gasteiger partial charge in [0, 0.05) is 5.56 Å². The maximum absolute atomic E-state index is 13.2. The van der Waals surface area contributed by atoms with Gasteiger partial charge < -0.3 is 9.47 Å². The highest BCUT2D eigenvalue weighted by Gasteiger charge is 2.33. The van der Waals surface area contributed by atoms with E-state index in [1.54, 1.807) is 18.2 Å². The summed E-state index contributed by atoms with van der Waals surface area (Å²) in [7, 11) is -2.48. The molecule has 1 radical (unpaired) electrons. The topological polar surface area (TPSA) is 69.7 Å². The zero-order chi connectivity index (χ0) is 21.7. The molecule has 5 nitrogen and oxygen atoms in total. The molecule has 0 N–H and O–H groups in total. The van der Waals surface area contributed by atoms with Crippen LogP contribution in [0.25, 0.3) is 0 Å². The minimum atomic E-state index is -2.48. The Bertz CT molecular complexity index is 901. The molecule has 0 heterocycles. The van der Waals surface area contributed by atoms with Gasteiger partial charge in [-0.25, -0.2) is 0 Å². The Balaban J connectivity index is 2.42. The largest absolute Gasteiger partial charge is 0.493 e. The van der Waals surface area contributed by atoms with Gasteiger partial charge in [-0.2, -0.15) is 0 Å². The smallest absolute Gasteiger partial charge is 0.243 e. The van der Waals surface area contributed by atoms with Crippen LogP contribution in [0.3, 0.4) is 0 Å². The van der Waals surface area contributed by atoms with Crippen LogP contribution in [-0.4, -0.2) is 30.2 Å². The number of aryl methyl sites for hydroxylation is 3. The Labute approximate surface area is 173 Å². The van der Waals surface area contributed by atoms with E-state index in [-0.39, 0.29) is 5.56 Å². The molecule has 2 rings (SSSR count). The van der Waals surface area contributed by atoms with Crippen molar-refractivity contribution in [1.82, 2.24) is 0 Å². The van der Waals surface area contributed by atoms with Gasteiger partial charge in [-0.1, -0.05) is 23.8 Å². The predicted molar refractivity (Wildman–Crippen MR) is 115 cm³/mol. The van der Waals surface area contributed by atoms with Crippen LogP contribution in [0.2, 0.25) is 0 Å². The lowest BCUT2D eigenvalue weighted by molar-refractivity contribution is 0.0975. The van der Waals surface area contributed by atoms with E-state index in [1.807, 2.05) is 46.8 Å². The highest BCUT2D eigenvalue weighted by Crippen LogP contribution is 2.40. The van der Waals surface area contributed by atoms with E-state index in [0.717, 1.165) is 16.7 Å². The Morgan fingerprint density at radius 2 is 1.41 bits per heavy atom. The van der Waals surface area contributed by atoms with E-state index in [1.165, 1.54) is 6.92 Å². The summed E-state index contributed by atoms with van der Waals surface area (Å²) in [5.41, 5.74) is 1.72. The quantitative estimate of drug-likeness (QED) is 0.391. The van der Waals surface area contributed by atoms with Crippen LogP contribution in [0.15, 0.2) is 30.3 Å². The number of benzene rings is 2. The average molecular weight is 415 g/mol. The third-order valence-electron chi connectivity index (χ3n) is 4.66. The lowest BCUT2D eigenvalue weighted by atomic mass is 10.0. The lowest BCUT2D eigenvalue weighted by Crippen LogP contribution is -2.19. The fourth-order valence-electron chi connectivity index (χ4n) is 3.42. The minimum Gasteiger partial charge on any atom is -0.493 e. The van der Waals surface area contributed by atoms with Crippen molar-refractivity contribution < 1.29 is 23.6 Å². The van der Waals surface area contributed by atoms with Crippen LogP contribution in [0.1, 0.15) is 58.2 Å². The summed E-state index contributed by atoms with van der Waals surface area (Å²) in [6, 6.07) is 8.85. The number of carbonyl (C=O) groups is 2. The number of rotatable bonds is 9. The Morgan fingerprint density at radius 1 is 0.931 bits per heavy atom. The molecule has 29 heavy (non-hydrogen) atoms. The number of Topliss-reactive ketones (excluding diaryl/α,β-unsaturated/α-hetero) is 1. The van der Waals surface area contributed by atoms with Crippen molar-refractivity contribution >= 4 is 19.1 Å². The number of ether oxygens (including phenoxy) is 2. The molecule has 0 saturated heterocycles. The van der Waals surface area contributed by atoms with Gasteiger partial charge in [0.1, 0.15) is 17.1 Å². The van der Waals surface area contributed by atoms with Crippen LogP contribution in [0.4, 0.5) is 0 Å². The molecule has 2 unspecified atom stereocenters. The maximum Gasteiger partial charge on any atom is 0.243 e. The first-order chi connectivity index (χ1) is 13.7. The zero-order valence-corrected chi connectivity index (χ0v) is 18.8. The molecule has 0 aliphatic heterocycles. The maximum atomic E-state index is 13.2. The fraction of sp³-hybridized carbons (Fsp3) is 0.391. The van der Waals surface area contributed by atoms with Crippen molar-refractivity contribution in [2.24, 2.45) is 0 Å². The van der Waals surface area contributed by atoms with Gasteiger partial charge in [0.05, 0.1) is 18.9 Å². The first kappa shape index (κ1) is 22.8. The third-order valence-corrected chi connectivity index (χ3v) is 6.22. The van der Waals surface area contributed by atoms with Crippen molar-refractivity contribution in [3.8, 4) is 11.5 Å². The van der Waals surface area contributed by atoms with E-state index < -0.39 is 24.8 Å². The Kier molecular flexibility index (Phi) is 7.69. The SMILES string of the molecule is CCOc1cccc(OCC)c1C(=O)C(C)[P](=O)C(=O)c1c(C)cc(C)cc1C. The summed E-state index contributed by atoms with van der Waals surface area (Å²) in [6.07, 6.45) is 0. The Morgan fingerprint density at radius 3 is 1.86 bits per heavy atom. The summed E-state index contributed by atoms with van der Waals surface area (Å²) in [5, 5.41) is 0. The van der Waals surface area contributed by atoms with Crippen LogP contribution in [0, 0.1) is 20.8 Å². The zero-order valence-electron chi connectivity index (χ0n) is 17.9. The minimum absolute atomic E-state index is 0.234. The molecule has 0 aliphatic rings. The van der Waals surface area contributed by atoms with E-state index in [0.29, 0.717) is 30.3 Å². The summed E-state index contributed by atoms with van der Waals surface area (Å²) in [6.45, 7) is 11.5. The molecule has 0 amide bonds. The van der Waals surface area contributed by atoms with Gasteiger partial charge in [-0.05, 0) is 64.8 Å². The number of hydrogen-bond acceptors (Lipinski definition) is 5. The van der Waals surface area contributed by atoms with Crippen molar-refractivity contribution in [1.29, 1.82) is 0 Å². The van der Waals surface area contributed by atoms with Gasteiger partial charge in [-0.15, -0.1) is 0 Å². The van der Waals surface area contributed by atoms with Crippen LogP contribution < -0.4 is 9.47 Å². The van der Waals surface area contributed by atoms with Crippen LogP contribution in [-0.2, 0) is 4.57 Å². The first-order valence-electron chi connectivity index (χ1n) is 9.74. The molecule has 0 bridgehead atoms. The summed E-state index contributed by atoms with van der Waals surface area (Å²) < 4.78 is 24.3. The molecule has 155 valence electrons. The van der Waals surface area contributed by atoms with Crippen molar-refractivity contribution in [3.63, 3.8) is 0 Å². The van der Waals surface area contributed by atoms with E-state index in [2.05, 4.69) is 0 Å². The second-order valence-electron chi connectivity index (χ2n) is 6.94. The van der Waals surface area contributed by atoms with Gasteiger partial charge in [-0.3, -0.25) is 14.2 Å². The van der Waals surface area contributed by atoms with Crippen molar-refractivity contribution in [2.45, 2.75) is 47.2 Å². The fourth-order valence-corrected chi connectivity index (χ4v) is 4.69. The first-order valence-corrected chi connectivity index (χ1v) is 11.1. The normalized spacial score (nSPS) is 12.3. The van der Waals surface area contributed by atoms with Gasteiger partial charge in [0.2, 0.25) is 5.52 Å². The standard InChI is InChI=1S/C23H28O5P/c1-7-27-18-10-9-11-19(28-8-2)21(18)22(24)17(6)29(26)23(25)20-15(4)12-14(3)13-16(20)5/h9-13,17H,7-8H2,1-6H3. The average Bonchev–Trinajstić information content (AvgIpc) is 2.66. The van der Waals surface area contributed by atoms with Crippen molar-refractivity contribution in [2.75, 3.05) is 13.2 Å². The molecule has 2 atom stereocenters. The second kappa shape index (κ2) is 9.80. The summed E-state index contributed by atoms with van der Waals surface area (Å²) >= 11 is 0. The molecule has 0 fully saturated rings. The number of hydrogen-bond donors (Lipinski definition) is 0. The van der Waals surface area contributed by atoms with Gasteiger partial charge >= 0.3 is 0 Å². The monoisotopic (exact) mass is 415 g/mol. The van der Waals surface area contributed by atoms with E-state index >= 15 is 0 Å². The molecule has 0 saturated carbocycles. The molecule has 2 aromatic rings. The highest BCUT2D eigenvalue weighted by molar-refractivity contribution is 7.66. The Hall–Kier alpha value is -2.52. The summed E-state index contributed by atoms with van der Waals surface area (Å²) in [4.78, 5) is 26.2. The molecule has 2 aromatic carbocycles. The molecule has 0 spiro atoms. The molecule has 0 aliphatic carbocycles. The predicted octanol–water partition coefficient (Wildman–Crippen LogP) is 5.65. The van der Waals surface area contributed by atoms with Crippen LogP contribution in [0.5, 0.6) is 11.5 Å². The van der Waals surface area contributed by atoms with E-state index in [4.69, 9.17) is 9.47 Å². The van der Waals surface area contributed by atoms with Crippen molar-refractivity contribution in [3.05, 3.63) is 58.1 Å².